The maximum atomic E-state index is 12.7. The molecule has 0 radical (unpaired) electrons. The summed E-state index contributed by atoms with van der Waals surface area (Å²) in [6.07, 6.45) is 3.31. The van der Waals surface area contributed by atoms with Crippen molar-refractivity contribution in [2.75, 3.05) is 24.5 Å². The average Bonchev–Trinajstić information content (AvgIpc) is 3.40. The van der Waals surface area contributed by atoms with Crippen LogP contribution in [-0.4, -0.2) is 41.3 Å². The number of aromatic carboxylic acids is 1. The van der Waals surface area contributed by atoms with Crippen LogP contribution < -0.4 is 15.6 Å². The smallest absolute Gasteiger partial charge is 0.341 e. The summed E-state index contributed by atoms with van der Waals surface area (Å²) >= 11 is 13.3. The second kappa shape index (κ2) is 6.44. The van der Waals surface area contributed by atoms with Crippen molar-refractivity contribution >= 4 is 45.8 Å². The number of anilines is 1. The highest BCUT2D eigenvalue weighted by Crippen LogP contribution is 2.43. The van der Waals surface area contributed by atoms with Crippen LogP contribution in [-0.2, 0) is 0 Å². The number of fused-ring (bicyclic) bond motifs is 1. The van der Waals surface area contributed by atoms with Gasteiger partial charge in [0, 0.05) is 43.3 Å². The van der Waals surface area contributed by atoms with E-state index < -0.39 is 11.4 Å². The molecule has 1 aromatic heterocycles. The Labute approximate surface area is 160 Å². The summed E-state index contributed by atoms with van der Waals surface area (Å²) in [5.74, 6) is -1.24. The third-order valence-electron chi connectivity index (χ3n) is 5.04. The lowest BCUT2D eigenvalue weighted by Crippen LogP contribution is -2.49. The van der Waals surface area contributed by atoms with Crippen LogP contribution in [0.4, 0.5) is 5.69 Å². The number of benzene rings is 1. The van der Waals surface area contributed by atoms with Crippen LogP contribution in [0.3, 0.4) is 0 Å². The summed E-state index contributed by atoms with van der Waals surface area (Å²) in [7, 11) is 0. The predicted octanol–water partition coefficient (Wildman–Crippen LogP) is 3.14. The summed E-state index contributed by atoms with van der Waals surface area (Å²) in [6.45, 7) is 4.43. The zero-order chi connectivity index (χ0) is 18.6. The number of rotatable bonds is 3. The maximum Gasteiger partial charge on any atom is 0.341 e. The van der Waals surface area contributed by atoms with Crippen molar-refractivity contribution in [3.63, 3.8) is 0 Å². The van der Waals surface area contributed by atoms with Crippen molar-refractivity contribution in [2.45, 2.75) is 31.8 Å². The fourth-order valence-corrected chi connectivity index (χ4v) is 4.44. The average molecular weight is 396 g/mol. The van der Waals surface area contributed by atoms with Gasteiger partial charge in [-0.05, 0) is 25.8 Å². The minimum Gasteiger partial charge on any atom is -0.477 e. The Morgan fingerprint density at radius 1 is 1.35 bits per heavy atom. The van der Waals surface area contributed by atoms with Crippen molar-refractivity contribution in [3.05, 3.63) is 38.1 Å². The van der Waals surface area contributed by atoms with E-state index in [1.807, 2.05) is 4.57 Å². The van der Waals surface area contributed by atoms with E-state index in [2.05, 4.69) is 17.1 Å². The van der Waals surface area contributed by atoms with Gasteiger partial charge in [-0.15, -0.1) is 0 Å². The summed E-state index contributed by atoms with van der Waals surface area (Å²) in [5.41, 5.74) is 0.495. The normalized spacial score (nSPS) is 20.6. The quantitative estimate of drug-likeness (QED) is 0.834. The van der Waals surface area contributed by atoms with Gasteiger partial charge in [0.1, 0.15) is 5.56 Å². The van der Waals surface area contributed by atoms with Gasteiger partial charge in [-0.3, -0.25) is 4.79 Å². The Balaban J connectivity index is 2.00. The minimum atomic E-state index is -1.24. The highest BCUT2D eigenvalue weighted by atomic mass is 35.5. The molecule has 26 heavy (non-hydrogen) atoms. The van der Waals surface area contributed by atoms with E-state index in [-0.39, 0.29) is 17.0 Å². The molecule has 8 heteroatoms. The summed E-state index contributed by atoms with van der Waals surface area (Å²) in [5, 5.41) is 13.8. The van der Waals surface area contributed by atoms with Crippen LogP contribution >= 0.6 is 23.2 Å². The molecule has 1 saturated carbocycles. The molecule has 0 spiro atoms. The van der Waals surface area contributed by atoms with Crippen molar-refractivity contribution in [1.29, 1.82) is 0 Å². The molecule has 1 atom stereocenters. The number of nitrogens with one attached hydrogen (secondary N) is 1. The molecule has 4 rings (SSSR count). The third kappa shape index (κ3) is 2.86. The number of hydrogen-bond acceptors (Lipinski definition) is 4. The van der Waals surface area contributed by atoms with Crippen LogP contribution in [0.5, 0.6) is 0 Å². The molecule has 2 N–H and O–H groups in total. The van der Waals surface area contributed by atoms with E-state index in [4.69, 9.17) is 23.2 Å². The summed E-state index contributed by atoms with van der Waals surface area (Å²) in [4.78, 5) is 26.3. The minimum absolute atomic E-state index is 0.171. The Hall–Kier alpha value is -1.76. The molecule has 1 saturated heterocycles. The lowest BCUT2D eigenvalue weighted by Gasteiger charge is -2.35. The molecule has 1 unspecified atom stereocenters. The van der Waals surface area contributed by atoms with Crippen LogP contribution in [0.1, 0.15) is 36.2 Å². The molecular weight excluding hydrogens is 377 g/mol. The molecule has 0 amide bonds. The number of carboxylic acids is 1. The number of aromatic nitrogens is 1. The van der Waals surface area contributed by atoms with Crippen molar-refractivity contribution in [2.24, 2.45) is 0 Å². The monoisotopic (exact) mass is 395 g/mol. The molecule has 138 valence electrons. The highest BCUT2D eigenvalue weighted by molar-refractivity contribution is 6.42. The van der Waals surface area contributed by atoms with Crippen LogP contribution in [0.25, 0.3) is 10.9 Å². The van der Waals surface area contributed by atoms with Gasteiger partial charge in [-0.1, -0.05) is 23.2 Å². The topological polar surface area (TPSA) is 74.6 Å². The predicted molar refractivity (Wildman–Crippen MR) is 103 cm³/mol. The number of carboxylic acid groups (broad SMARTS) is 1. The first-order chi connectivity index (χ1) is 12.4. The molecule has 2 fully saturated rings. The van der Waals surface area contributed by atoms with Gasteiger partial charge in [0.2, 0.25) is 5.43 Å². The Morgan fingerprint density at radius 3 is 2.69 bits per heavy atom. The molecule has 2 heterocycles. The van der Waals surface area contributed by atoms with E-state index in [9.17, 15) is 14.7 Å². The molecule has 2 aliphatic rings. The lowest BCUT2D eigenvalue weighted by molar-refractivity contribution is 0.0695. The molecular formula is C18H19Cl2N3O3. The first-order valence-electron chi connectivity index (χ1n) is 8.67. The van der Waals surface area contributed by atoms with Crippen LogP contribution in [0.2, 0.25) is 10.0 Å². The number of piperazine rings is 1. The highest BCUT2D eigenvalue weighted by Gasteiger charge is 2.30. The number of nitrogens with zero attached hydrogens (tertiary/aromatic N) is 2. The first-order valence-corrected chi connectivity index (χ1v) is 9.42. The molecule has 1 aliphatic heterocycles. The molecule has 2 aromatic rings. The standard InChI is InChI=1S/C18H19Cl2N3O3/c1-9-7-22(5-4-21-9)16-13(19)6-11-15(14(16)20)23(10-2-3-10)8-12(17(11)24)18(25)26/h6,8-10,21H,2-5,7H2,1H3,(H,25,26). The number of hydrogen-bond donors (Lipinski definition) is 2. The first kappa shape index (κ1) is 17.6. The van der Waals surface area contributed by atoms with E-state index in [1.165, 1.54) is 6.20 Å². The third-order valence-corrected chi connectivity index (χ3v) is 5.69. The van der Waals surface area contributed by atoms with Gasteiger partial charge in [0.15, 0.2) is 0 Å². The second-order valence-corrected chi connectivity index (χ2v) is 7.82. The van der Waals surface area contributed by atoms with Gasteiger partial charge < -0.3 is 19.9 Å². The van der Waals surface area contributed by atoms with Crippen molar-refractivity contribution in [3.8, 4) is 0 Å². The number of halogens is 2. The Morgan fingerprint density at radius 2 is 2.08 bits per heavy atom. The van der Waals surface area contributed by atoms with E-state index in [1.54, 1.807) is 6.07 Å². The van der Waals surface area contributed by atoms with Crippen molar-refractivity contribution in [1.82, 2.24) is 9.88 Å². The molecule has 0 bridgehead atoms. The van der Waals surface area contributed by atoms with E-state index >= 15 is 0 Å². The molecule has 1 aromatic carbocycles. The lowest BCUT2D eigenvalue weighted by atomic mass is 10.1. The van der Waals surface area contributed by atoms with Gasteiger partial charge in [0.05, 0.1) is 21.2 Å². The fourth-order valence-electron chi connectivity index (χ4n) is 3.65. The van der Waals surface area contributed by atoms with Gasteiger partial charge in [-0.25, -0.2) is 4.79 Å². The van der Waals surface area contributed by atoms with Gasteiger partial charge in [0.25, 0.3) is 0 Å². The van der Waals surface area contributed by atoms with Gasteiger partial charge in [-0.2, -0.15) is 0 Å². The van der Waals surface area contributed by atoms with E-state index in [0.717, 1.165) is 32.5 Å². The maximum absolute atomic E-state index is 12.7. The fraction of sp³-hybridized carbons (Fsp3) is 0.444. The zero-order valence-corrected chi connectivity index (χ0v) is 15.8. The zero-order valence-electron chi connectivity index (χ0n) is 14.3. The van der Waals surface area contributed by atoms with Crippen molar-refractivity contribution < 1.29 is 9.90 Å². The second-order valence-electron chi connectivity index (χ2n) is 7.03. The summed E-state index contributed by atoms with van der Waals surface area (Å²) < 4.78 is 1.84. The Kier molecular flexibility index (Phi) is 4.37. The Bertz CT molecular complexity index is 969. The van der Waals surface area contributed by atoms with Crippen LogP contribution in [0.15, 0.2) is 17.1 Å². The van der Waals surface area contributed by atoms with Gasteiger partial charge >= 0.3 is 5.97 Å². The summed E-state index contributed by atoms with van der Waals surface area (Å²) in [6, 6.07) is 2.04. The number of carbonyl (C=O) groups is 1. The molecule has 6 nitrogen and oxygen atoms in total. The number of pyridine rings is 1. The largest absolute Gasteiger partial charge is 0.477 e. The SMILES string of the molecule is CC1CN(c2c(Cl)cc3c(=O)c(C(=O)O)cn(C4CC4)c3c2Cl)CCN1. The molecule has 1 aliphatic carbocycles. The van der Waals surface area contributed by atoms with Crippen LogP contribution in [0, 0.1) is 0 Å². The van der Waals surface area contributed by atoms with E-state index in [0.29, 0.717) is 27.3 Å².